The van der Waals surface area contributed by atoms with Crippen LogP contribution in [-0.4, -0.2) is 70.9 Å². The molecule has 0 radical (unpaired) electrons. The number of hydrogen-bond donors (Lipinski definition) is 3. The highest BCUT2D eigenvalue weighted by atomic mass is 16.5. The number of fused-ring (bicyclic) bond motifs is 2. The summed E-state index contributed by atoms with van der Waals surface area (Å²) in [6, 6.07) is 0. The lowest BCUT2D eigenvalue weighted by Crippen LogP contribution is -2.43. The molecule has 2 fully saturated rings. The third-order valence-corrected chi connectivity index (χ3v) is 3.05. The molecule has 2 aliphatic rings. The lowest BCUT2D eigenvalue weighted by atomic mass is 10.0. The van der Waals surface area contributed by atoms with Crippen molar-refractivity contribution in [2.75, 3.05) is 26.2 Å². The number of rotatable bonds is 2. The molecule has 0 aromatic carbocycles. The van der Waals surface area contributed by atoms with Crippen LogP contribution in [0.25, 0.3) is 0 Å². The standard InChI is InChI=1S/C9H17NO4/c11-4-3-10-2-1-6-8(12)9(13)7(5-10)14-6/h6-9,11-13H,1-5H2/t6?,7?,8-,9+/m0/s1. The van der Waals surface area contributed by atoms with E-state index in [-0.39, 0.29) is 18.8 Å². The van der Waals surface area contributed by atoms with Crippen LogP contribution in [-0.2, 0) is 4.74 Å². The normalized spacial score (nSPS) is 43.9. The largest absolute Gasteiger partial charge is 0.395 e. The molecule has 2 bridgehead atoms. The van der Waals surface area contributed by atoms with Crippen LogP contribution in [0.15, 0.2) is 0 Å². The zero-order valence-corrected chi connectivity index (χ0v) is 8.04. The van der Waals surface area contributed by atoms with E-state index in [1.165, 1.54) is 0 Å². The van der Waals surface area contributed by atoms with E-state index in [1.54, 1.807) is 0 Å². The van der Waals surface area contributed by atoms with Crippen LogP contribution < -0.4 is 0 Å². The molecule has 0 aromatic heterocycles. The Morgan fingerprint density at radius 1 is 1.21 bits per heavy atom. The van der Waals surface area contributed by atoms with Gasteiger partial charge in [0.25, 0.3) is 0 Å². The summed E-state index contributed by atoms with van der Waals surface area (Å²) in [4.78, 5) is 2.06. The van der Waals surface area contributed by atoms with E-state index in [4.69, 9.17) is 9.84 Å². The molecule has 0 spiro atoms. The topological polar surface area (TPSA) is 73.2 Å². The van der Waals surface area contributed by atoms with Crippen LogP contribution >= 0.6 is 0 Å². The molecule has 2 heterocycles. The first-order valence-electron chi connectivity index (χ1n) is 5.07. The molecule has 3 N–H and O–H groups in total. The number of aliphatic hydroxyl groups is 3. The summed E-state index contributed by atoms with van der Waals surface area (Å²) in [6.45, 7) is 2.13. The Morgan fingerprint density at radius 2 is 1.93 bits per heavy atom. The van der Waals surface area contributed by atoms with Crippen molar-refractivity contribution in [2.45, 2.75) is 30.8 Å². The summed E-state index contributed by atoms with van der Waals surface area (Å²) in [5, 5.41) is 28.0. The van der Waals surface area contributed by atoms with E-state index in [0.29, 0.717) is 19.5 Å². The van der Waals surface area contributed by atoms with Crippen molar-refractivity contribution in [2.24, 2.45) is 0 Å². The molecular weight excluding hydrogens is 186 g/mol. The third kappa shape index (κ3) is 1.78. The Balaban J connectivity index is 1.98. The van der Waals surface area contributed by atoms with E-state index >= 15 is 0 Å². The van der Waals surface area contributed by atoms with Crippen molar-refractivity contribution in [3.63, 3.8) is 0 Å². The fourth-order valence-electron chi connectivity index (χ4n) is 2.22. The van der Waals surface area contributed by atoms with E-state index in [2.05, 4.69) is 4.90 Å². The van der Waals surface area contributed by atoms with Gasteiger partial charge >= 0.3 is 0 Å². The van der Waals surface area contributed by atoms with Gasteiger partial charge in [0.15, 0.2) is 0 Å². The molecule has 2 unspecified atom stereocenters. The van der Waals surface area contributed by atoms with E-state index in [9.17, 15) is 10.2 Å². The van der Waals surface area contributed by atoms with Gasteiger partial charge in [-0.25, -0.2) is 0 Å². The summed E-state index contributed by atoms with van der Waals surface area (Å²) in [7, 11) is 0. The van der Waals surface area contributed by atoms with Gasteiger partial charge in [0.05, 0.1) is 18.8 Å². The maximum atomic E-state index is 9.61. The Hall–Kier alpha value is -0.200. The quantitative estimate of drug-likeness (QED) is 0.492. The highest BCUT2D eigenvalue weighted by Crippen LogP contribution is 2.27. The number of aliphatic hydroxyl groups excluding tert-OH is 3. The fraction of sp³-hybridized carbons (Fsp3) is 1.00. The molecule has 0 aliphatic carbocycles. The molecule has 2 rings (SSSR count). The first-order valence-corrected chi connectivity index (χ1v) is 5.07. The fourth-order valence-corrected chi connectivity index (χ4v) is 2.22. The van der Waals surface area contributed by atoms with Crippen LogP contribution in [0.4, 0.5) is 0 Å². The number of ether oxygens (including phenoxy) is 1. The lowest BCUT2D eigenvalue weighted by Gasteiger charge is -2.25. The highest BCUT2D eigenvalue weighted by molar-refractivity contribution is 4.94. The molecule has 0 aromatic rings. The zero-order valence-electron chi connectivity index (χ0n) is 8.04. The molecule has 14 heavy (non-hydrogen) atoms. The van der Waals surface area contributed by atoms with Crippen molar-refractivity contribution in [3.8, 4) is 0 Å². The lowest BCUT2D eigenvalue weighted by molar-refractivity contribution is 0.00657. The summed E-state index contributed by atoms with van der Waals surface area (Å²) in [6.07, 6.45) is -1.34. The van der Waals surface area contributed by atoms with Crippen molar-refractivity contribution in [1.82, 2.24) is 4.90 Å². The molecular formula is C9H17NO4. The monoisotopic (exact) mass is 203 g/mol. The van der Waals surface area contributed by atoms with Crippen molar-refractivity contribution in [1.29, 1.82) is 0 Å². The smallest absolute Gasteiger partial charge is 0.110 e. The highest BCUT2D eigenvalue weighted by Gasteiger charge is 2.44. The Labute approximate surface area is 82.9 Å². The molecule has 0 amide bonds. The van der Waals surface area contributed by atoms with Gasteiger partial charge in [0, 0.05) is 19.6 Å². The maximum Gasteiger partial charge on any atom is 0.110 e. The molecule has 0 saturated carbocycles. The van der Waals surface area contributed by atoms with Crippen LogP contribution in [0.5, 0.6) is 0 Å². The average molecular weight is 203 g/mol. The summed E-state index contributed by atoms with van der Waals surface area (Å²) >= 11 is 0. The van der Waals surface area contributed by atoms with E-state index in [1.807, 2.05) is 0 Å². The van der Waals surface area contributed by atoms with Gasteiger partial charge in [-0.05, 0) is 6.42 Å². The molecule has 2 aliphatic heterocycles. The summed E-state index contributed by atoms with van der Waals surface area (Å²) < 4.78 is 5.50. The number of β-amino-alcohol motifs (C(OH)–C–C–N with tert-alkyl or cyclic N) is 1. The minimum Gasteiger partial charge on any atom is -0.395 e. The van der Waals surface area contributed by atoms with Gasteiger partial charge < -0.3 is 20.1 Å². The Bertz CT molecular complexity index is 201. The first-order chi connectivity index (χ1) is 6.72. The molecule has 4 atom stereocenters. The second kappa shape index (κ2) is 4.12. The van der Waals surface area contributed by atoms with Crippen molar-refractivity contribution < 1.29 is 20.1 Å². The van der Waals surface area contributed by atoms with Gasteiger partial charge in [0.1, 0.15) is 12.2 Å². The van der Waals surface area contributed by atoms with Crippen LogP contribution in [0.2, 0.25) is 0 Å². The van der Waals surface area contributed by atoms with Gasteiger partial charge in [0.2, 0.25) is 0 Å². The molecule has 5 nitrogen and oxygen atoms in total. The van der Waals surface area contributed by atoms with Crippen LogP contribution in [0.3, 0.4) is 0 Å². The number of nitrogens with zero attached hydrogens (tertiary/aromatic N) is 1. The van der Waals surface area contributed by atoms with E-state index in [0.717, 1.165) is 6.54 Å². The number of hydrogen-bond acceptors (Lipinski definition) is 5. The van der Waals surface area contributed by atoms with Crippen LogP contribution in [0.1, 0.15) is 6.42 Å². The number of likely N-dealkylation sites (tertiary alicyclic amines) is 1. The van der Waals surface area contributed by atoms with Crippen LogP contribution in [0, 0.1) is 0 Å². The predicted molar refractivity (Wildman–Crippen MR) is 48.8 cm³/mol. The molecule has 2 saturated heterocycles. The molecule has 5 heteroatoms. The van der Waals surface area contributed by atoms with E-state index < -0.39 is 12.2 Å². The zero-order chi connectivity index (χ0) is 10.1. The first kappa shape index (κ1) is 10.3. The SMILES string of the molecule is OCCN1CCC2OC(C1)[C@@H](O)[C@H]2O. The second-order valence-electron chi connectivity index (χ2n) is 4.01. The summed E-state index contributed by atoms with van der Waals surface area (Å²) in [5.74, 6) is 0. The van der Waals surface area contributed by atoms with Gasteiger partial charge in [-0.15, -0.1) is 0 Å². The van der Waals surface area contributed by atoms with Crippen molar-refractivity contribution >= 4 is 0 Å². The van der Waals surface area contributed by atoms with Crippen molar-refractivity contribution in [3.05, 3.63) is 0 Å². The molecule has 82 valence electrons. The average Bonchev–Trinajstić information content (AvgIpc) is 2.41. The third-order valence-electron chi connectivity index (χ3n) is 3.05. The summed E-state index contributed by atoms with van der Waals surface area (Å²) in [5.41, 5.74) is 0. The minimum absolute atomic E-state index is 0.121. The Kier molecular flexibility index (Phi) is 3.04. The Morgan fingerprint density at radius 3 is 2.64 bits per heavy atom. The van der Waals surface area contributed by atoms with Gasteiger partial charge in [-0.3, -0.25) is 4.90 Å². The second-order valence-corrected chi connectivity index (χ2v) is 4.01. The van der Waals surface area contributed by atoms with Gasteiger partial charge in [-0.1, -0.05) is 0 Å². The maximum absolute atomic E-state index is 9.61. The van der Waals surface area contributed by atoms with Gasteiger partial charge in [-0.2, -0.15) is 0 Å². The minimum atomic E-state index is -0.776. The predicted octanol–water partition coefficient (Wildman–Crippen LogP) is -1.83.